The van der Waals surface area contributed by atoms with Gasteiger partial charge in [-0.15, -0.1) is 0 Å². The Morgan fingerprint density at radius 2 is 1.73 bits per heavy atom. The van der Waals surface area contributed by atoms with Gasteiger partial charge in [0.15, 0.2) is 0 Å². The third-order valence-corrected chi connectivity index (χ3v) is 5.05. The van der Waals surface area contributed by atoms with Gasteiger partial charge in [-0.2, -0.15) is 0 Å². The highest BCUT2D eigenvalue weighted by Gasteiger charge is 2.20. The Kier molecular flexibility index (Phi) is 5.89. The minimum absolute atomic E-state index is 0.0861. The molecule has 138 valence electrons. The molecule has 1 aromatic heterocycles. The average molecular weight is 352 g/mol. The van der Waals surface area contributed by atoms with E-state index < -0.39 is 0 Å². The topological polar surface area (TPSA) is 48.5 Å². The number of hydrogen-bond donors (Lipinski definition) is 1. The number of benzene rings is 1. The predicted octanol–water partition coefficient (Wildman–Crippen LogP) is 3.34. The van der Waals surface area contributed by atoms with Crippen LogP contribution in [0, 0.1) is 0 Å². The number of aryl methyl sites for hydroxylation is 2. The van der Waals surface area contributed by atoms with Crippen LogP contribution in [0.2, 0.25) is 0 Å². The summed E-state index contributed by atoms with van der Waals surface area (Å²) in [5, 5.41) is 3.46. The Morgan fingerprint density at radius 1 is 1.08 bits per heavy atom. The fourth-order valence-corrected chi connectivity index (χ4v) is 3.36. The van der Waals surface area contributed by atoms with Gasteiger partial charge in [-0.05, 0) is 43.1 Å². The lowest BCUT2D eigenvalue weighted by Crippen LogP contribution is -2.47. The fraction of sp³-hybridized carbons (Fsp3) is 0.429. The van der Waals surface area contributed by atoms with E-state index in [9.17, 15) is 4.79 Å². The van der Waals surface area contributed by atoms with Crippen molar-refractivity contribution in [2.24, 2.45) is 0 Å². The molecule has 5 heteroatoms. The predicted molar refractivity (Wildman–Crippen MR) is 106 cm³/mol. The molecule has 0 bridgehead atoms. The molecule has 1 aromatic carbocycles. The van der Waals surface area contributed by atoms with Crippen LogP contribution in [0.15, 0.2) is 36.5 Å². The highest BCUT2D eigenvalue weighted by molar-refractivity contribution is 5.95. The number of carbonyl (C=O) groups is 1. The van der Waals surface area contributed by atoms with Crippen molar-refractivity contribution in [3.63, 3.8) is 0 Å². The van der Waals surface area contributed by atoms with Crippen LogP contribution in [-0.4, -0.2) is 53.9 Å². The zero-order valence-corrected chi connectivity index (χ0v) is 16.0. The third kappa shape index (κ3) is 4.05. The molecule has 1 aliphatic heterocycles. The summed E-state index contributed by atoms with van der Waals surface area (Å²) >= 11 is 0. The lowest BCUT2D eigenvalue weighted by molar-refractivity contribution is 0.0664. The molecule has 0 spiro atoms. The van der Waals surface area contributed by atoms with Crippen LogP contribution < -0.4 is 5.32 Å². The molecule has 2 heterocycles. The van der Waals surface area contributed by atoms with Crippen LogP contribution in [0.4, 0.5) is 11.5 Å². The Labute approximate surface area is 156 Å². The number of anilines is 2. The molecule has 0 unspecified atom stereocenters. The summed E-state index contributed by atoms with van der Waals surface area (Å²) in [5.41, 5.74) is 4.34. The van der Waals surface area contributed by atoms with Gasteiger partial charge in [0.1, 0.15) is 5.82 Å². The molecule has 1 amide bonds. The lowest BCUT2D eigenvalue weighted by Gasteiger charge is -2.32. The molecule has 5 nitrogen and oxygen atoms in total. The SMILES string of the molecule is CCc1cccc(CC)c1Nc1cc(C(=O)N2CCN(C)CC2)ccn1. The van der Waals surface area contributed by atoms with Gasteiger partial charge in [0.2, 0.25) is 0 Å². The Hall–Kier alpha value is -2.40. The number of aromatic nitrogens is 1. The normalized spacial score (nSPS) is 15.1. The highest BCUT2D eigenvalue weighted by Crippen LogP contribution is 2.26. The van der Waals surface area contributed by atoms with E-state index in [0.717, 1.165) is 50.5 Å². The Balaban J connectivity index is 1.81. The van der Waals surface area contributed by atoms with Crippen molar-refractivity contribution in [1.82, 2.24) is 14.8 Å². The van der Waals surface area contributed by atoms with Crippen molar-refractivity contribution >= 4 is 17.4 Å². The van der Waals surface area contributed by atoms with Crippen LogP contribution in [0.3, 0.4) is 0 Å². The molecular weight excluding hydrogens is 324 g/mol. The van der Waals surface area contributed by atoms with E-state index in [1.807, 2.05) is 11.0 Å². The monoisotopic (exact) mass is 352 g/mol. The zero-order valence-electron chi connectivity index (χ0n) is 16.0. The number of hydrogen-bond acceptors (Lipinski definition) is 4. The average Bonchev–Trinajstić information content (AvgIpc) is 2.68. The number of nitrogens with zero attached hydrogens (tertiary/aromatic N) is 3. The largest absolute Gasteiger partial charge is 0.340 e. The van der Waals surface area contributed by atoms with Crippen molar-refractivity contribution in [3.8, 4) is 0 Å². The molecule has 0 radical (unpaired) electrons. The first-order valence-electron chi connectivity index (χ1n) is 9.44. The Bertz CT molecular complexity index is 744. The summed E-state index contributed by atoms with van der Waals surface area (Å²) in [6.45, 7) is 7.71. The first kappa shape index (κ1) is 18.4. The Morgan fingerprint density at radius 3 is 2.35 bits per heavy atom. The van der Waals surface area contributed by atoms with E-state index in [4.69, 9.17) is 0 Å². The van der Waals surface area contributed by atoms with Crippen molar-refractivity contribution in [1.29, 1.82) is 0 Å². The first-order valence-corrected chi connectivity index (χ1v) is 9.44. The van der Waals surface area contributed by atoms with Crippen molar-refractivity contribution in [2.75, 3.05) is 38.5 Å². The minimum atomic E-state index is 0.0861. The fourth-order valence-electron chi connectivity index (χ4n) is 3.36. The summed E-state index contributed by atoms with van der Waals surface area (Å²) in [5.74, 6) is 0.809. The number of nitrogens with one attached hydrogen (secondary N) is 1. The van der Waals surface area contributed by atoms with Crippen molar-refractivity contribution in [3.05, 3.63) is 53.2 Å². The van der Waals surface area contributed by atoms with E-state index in [1.165, 1.54) is 11.1 Å². The van der Waals surface area contributed by atoms with Crippen LogP contribution in [0.25, 0.3) is 0 Å². The van der Waals surface area contributed by atoms with Crippen molar-refractivity contribution in [2.45, 2.75) is 26.7 Å². The maximum atomic E-state index is 12.8. The molecule has 0 saturated carbocycles. The number of pyridine rings is 1. The molecule has 1 fully saturated rings. The van der Waals surface area contributed by atoms with Crippen LogP contribution in [0.5, 0.6) is 0 Å². The maximum absolute atomic E-state index is 12.8. The van der Waals surface area contributed by atoms with Gasteiger partial charge in [-0.25, -0.2) is 4.98 Å². The molecule has 1 saturated heterocycles. The van der Waals surface area contributed by atoms with Crippen LogP contribution in [0.1, 0.15) is 35.3 Å². The maximum Gasteiger partial charge on any atom is 0.254 e. The number of likely N-dealkylation sites (N-methyl/N-ethyl adjacent to an activating group) is 1. The van der Waals surface area contributed by atoms with Crippen molar-refractivity contribution < 1.29 is 4.79 Å². The third-order valence-electron chi connectivity index (χ3n) is 5.05. The molecule has 1 aliphatic rings. The molecule has 26 heavy (non-hydrogen) atoms. The molecule has 0 atom stereocenters. The van der Waals surface area contributed by atoms with Gasteiger partial charge < -0.3 is 15.1 Å². The number of para-hydroxylation sites is 1. The second-order valence-corrected chi connectivity index (χ2v) is 6.81. The summed E-state index contributed by atoms with van der Waals surface area (Å²) in [7, 11) is 2.09. The number of carbonyl (C=O) groups excluding carboxylic acids is 1. The number of rotatable bonds is 5. The zero-order chi connectivity index (χ0) is 18.5. The van der Waals surface area contributed by atoms with Gasteiger partial charge in [-0.3, -0.25) is 4.79 Å². The number of amides is 1. The summed E-state index contributed by atoms with van der Waals surface area (Å²) < 4.78 is 0. The first-order chi connectivity index (χ1) is 12.6. The van der Waals surface area contributed by atoms with Gasteiger partial charge in [0.25, 0.3) is 5.91 Å². The summed E-state index contributed by atoms with van der Waals surface area (Å²) in [6.07, 6.45) is 3.62. The molecular formula is C21H28N4O. The van der Waals surface area contributed by atoms with E-state index in [-0.39, 0.29) is 5.91 Å². The van der Waals surface area contributed by atoms with E-state index in [1.54, 1.807) is 12.3 Å². The van der Waals surface area contributed by atoms with Gasteiger partial charge in [-0.1, -0.05) is 32.0 Å². The molecule has 1 N–H and O–H groups in total. The second kappa shape index (κ2) is 8.32. The van der Waals surface area contributed by atoms with Crippen LogP contribution >= 0.6 is 0 Å². The van der Waals surface area contributed by atoms with Crippen LogP contribution in [-0.2, 0) is 12.8 Å². The van der Waals surface area contributed by atoms with Gasteiger partial charge >= 0.3 is 0 Å². The second-order valence-electron chi connectivity index (χ2n) is 6.81. The van der Waals surface area contributed by atoms with E-state index >= 15 is 0 Å². The standard InChI is InChI=1S/C21H28N4O/c1-4-16-7-6-8-17(5-2)20(16)23-19-15-18(9-10-22-19)21(26)25-13-11-24(3)12-14-25/h6-10,15H,4-5,11-14H2,1-3H3,(H,22,23). The summed E-state index contributed by atoms with van der Waals surface area (Å²) in [6, 6.07) is 10.1. The lowest BCUT2D eigenvalue weighted by atomic mass is 10.0. The quantitative estimate of drug-likeness (QED) is 0.897. The highest BCUT2D eigenvalue weighted by atomic mass is 16.2. The summed E-state index contributed by atoms with van der Waals surface area (Å²) in [4.78, 5) is 21.4. The smallest absolute Gasteiger partial charge is 0.254 e. The van der Waals surface area contributed by atoms with E-state index in [2.05, 4.69) is 54.3 Å². The van der Waals surface area contributed by atoms with E-state index in [0.29, 0.717) is 5.56 Å². The molecule has 2 aromatic rings. The van der Waals surface area contributed by atoms with Gasteiger partial charge in [0, 0.05) is 43.6 Å². The minimum Gasteiger partial charge on any atom is -0.340 e. The van der Waals surface area contributed by atoms with Gasteiger partial charge in [0.05, 0.1) is 0 Å². The molecule has 3 rings (SSSR count). The molecule has 0 aliphatic carbocycles. The number of piperazine rings is 1.